The summed E-state index contributed by atoms with van der Waals surface area (Å²) < 4.78 is 5.00. The van der Waals surface area contributed by atoms with E-state index in [2.05, 4.69) is 5.32 Å². The number of ether oxygens (including phenoxy) is 1. The van der Waals surface area contributed by atoms with Gasteiger partial charge in [0, 0.05) is 26.7 Å². The second kappa shape index (κ2) is 8.15. The lowest BCUT2D eigenvalue weighted by molar-refractivity contribution is -0.143. The standard InChI is InChI=1S/C14H25NO4/c1-10(9-19-2)7-13(16)15-8-11-3-5-12(6-4-11)14(17)18/h10-12H,3-9H2,1-2H3,(H,15,16)(H,17,18). The molecular formula is C14H25NO4. The van der Waals surface area contributed by atoms with Crippen LogP contribution in [0.1, 0.15) is 39.0 Å². The van der Waals surface area contributed by atoms with Gasteiger partial charge in [-0.3, -0.25) is 9.59 Å². The van der Waals surface area contributed by atoms with Crippen molar-refractivity contribution in [1.82, 2.24) is 5.32 Å². The van der Waals surface area contributed by atoms with Crippen LogP contribution in [0, 0.1) is 17.8 Å². The molecule has 0 aromatic heterocycles. The van der Waals surface area contributed by atoms with Gasteiger partial charge in [0.25, 0.3) is 0 Å². The first kappa shape index (κ1) is 16.0. The van der Waals surface area contributed by atoms with E-state index in [0.29, 0.717) is 25.5 Å². The van der Waals surface area contributed by atoms with Crippen LogP contribution in [0.5, 0.6) is 0 Å². The van der Waals surface area contributed by atoms with Crippen molar-refractivity contribution in [3.05, 3.63) is 0 Å². The molecule has 0 spiro atoms. The lowest BCUT2D eigenvalue weighted by atomic mass is 9.82. The van der Waals surface area contributed by atoms with Crippen molar-refractivity contribution in [3.63, 3.8) is 0 Å². The van der Waals surface area contributed by atoms with Gasteiger partial charge in [0.2, 0.25) is 5.91 Å². The quantitative estimate of drug-likeness (QED) is 0.738. The minimum atomic E-state index is -0.684. The van der Waals surface area contributed by atoms with Gasteiger partial charge in [-0.2, -0.15) is 0 Å². The molecule has 1 amide bonds. The van der Waals surface area contributed by atoms with Crippen LogP contribution in [0.4, 0.5) is 0 Å². The van der Waals surface area contributed by atoms with Gasteiger partial charge in [0.15, 0.2) is 0 Å². The zero-order chi connectivity index (χ0) is 14.3. The van der Waals surface area contributed by atoms with E-state index in [9.17, 15) is 9.59 Å². The Bertz CT molecular complexity index is 298. The third kappa shape index (κ3) is 6.05. The molecule has 19 heavy (non-hydrogen) atoms. The molecule has 1 rings (SSSR count). The highest BCUT2D eigenvalue weighted by Crippen LogP contribution is 2.28. The smallest absolute Gasteiger partial charge is 0.306 e. The Balaban J connectivity index is 2.16. The maximum absolute atomic E-state index is 11.7. The summed E-state index contributed by atoms with van der Waals surface area (Å²) in [4.78, 5) is 22.5. The maximum Gasteiger partial charge on any atom is 0.306 e. The van der Waals surface area contributed by atoms with E-state index in [4.69, 9.17) is 9.84 Å². The first-order valence-corrected chi connectivity index (χ1v) is 7.01. The first-order valence-electron chi connectivity index (χ1n) is 7.01. The van der Waals surface area contributed by atoms with Crippen molar-refractivity contribution in [3.8, 4) is 0 Å². The largest absolute Gasteiger partial charge is 0.481 e. The van der Waals surface area contributed by atoms with Crippen molar-refractivity contribution in [2.45, 2.75) is 39.0 Å². The van der Waals surface area contributed by atoms with E-state index in [0.717, 1.165) is 25.7 Å². The second-order valence-electron chi connectivity index (χ2n) is 5.62. The fourth-order valence-electron chi connectivity index (χ4n) is 2.60. The van der Waals surface area contributed by atoms with Crippen LogP contribution < -0.4 is 5.32 Å². The minimum absolute atomic E-state index is 0.0601. The molecule has 5 nitrogen and oxygen atoms in total. The molecule has 1 unspecified atom stereocenters. The third-order valence-corrected chi connectivity index (χ3v) is 3.77. The summed E-state index contributed by atoms with van der Waals surface area (Å²) in [6, 6.07) is 0. The van der Waals surface area contributed by atoms with Crippen LogP contribution in [0.3, 0.4) is 0 Å². The van der Waals surface area contributed by atoms with Crippen LogP contribution in [0.15, 0.2) is 0 Å². The molecule has 0 saturated heterocycles. The summed E-state index contributed by atoms with van der Waals surface area (Å²) in [7, 11) is 1.63. The minimum Gasteiger partial charge on any atom is -0.481 e. The van der Waals surface area contributed by atoms with Gasteiger partial charge in [-0.05, 0) is 37.5 Å². The van der Waals surface area contributed by atoms with Gasteiger partial charge in [-0.25, -0.2) is 0 Å². The molecule has 0 bridgehead atoms. The highest BCUT2D eigenvalue weighted by Gasteiger charge is 2.26. The number of hydrogen-bond acceptors (Lipinski definition) is 3. The van der Waals surface area contributed by atoms with Gasteiger partial charge in [-0.15, -0.1) is 0 Å². The molecule has 5 heteroatoms. The van der Waals surface area contributed by atoms with Crippen LogP contribution in [-0.4, -0.2) is 37.2 Å². The van der Waals surface area contributed by atoms with Crippen LogP contribution in [0.2, 0.25) is 0 Å². The normalized spacial score (nSPS) is 24.7. The summed E-state index contributed by atoms with van der Waals surface area (Å²) in [5.41, 5.74) is 0. The van der Waals surface area contributed by atoms with Crippen molar-refractivity contribution in [1.29, 1.82) is 0 Å². The number of rotatable bonds is 7. The molecule has 0 aromatic rings. The van der Waals surface area contributed by atoms with E-state index in [1.807, 2.05) is 6.92 Å². The zero-order valence-electron chi connectivity index (χ0n) is 11.9. The Morgan fingerprint density at radius 1 is 1.32 bits per heavy atom. The Morgan fingerprint density at radius 2 is 1.95 bits per heavy atom. The van der Waals surface area contributed by atoms with E-state index >= 15 is 0 Å². The number of methoxy groups -OCH3 is 1. The molecule has 1 fully saturated rings. The summed E-state index contributed by atoms with van der Waals surface area (Å²) in [5.74, 6) is -0.153. The second-order valence-corrected chi connectivity index (χ2v) is 5.62. The number of aliphatic carboxylic acids is 1. The summed E-state index contributed by atoms with van der Waals surface area (Å²) in [6.45, 7) is 3.25. The van der Waals surface area contributed by atoms with Crippen molar-refractivity contribution >= 4 is 11.9 Å². The SMILES string of the molecule is COCC(C)CC(=O)NCC1CCC(C(=O)O)CC1. The summed E-state index contributed by atoms with van der Waals surface area (Å²) >= 11 is 0. The predicted molar refractivity (Wildman–Crippen MR) is 71.8 cm³/mol. The van der Waals surface area contributed by atoms with E-state index in [-0.39, 0.29) is 17.7 Å². The lowest BCUT2D eigenvalue weighted by Crippen LogP contribution is -2.33. The average molecular weight is 271 g/mol. The van der Waals surface area contributed by atoms with Crippen LogP contribution >= 0.6 is 0 Å². The summed E-state index contributed by atoms with van der Waals surface area (Å²) in [5, 5.41) is 11.9. The fourth-order valence-corrected chi connectivity index (χ4v) is 2.60. The highest BCUT2D eigenvalue weighted by atomic mass is 16.5. The third-order valence-electron chi connectivity index (χ3n) is 3.77. The van der Waals surface area contributed by atoms with Crippen LogP contribution in [-0.2, 0) is 14.3 Å². The molecule has 1 aliphatic carbocycles. The number of hydrogen-bond donors (Lipinski definition) is 2. The molecule has 0 heterocycles. The number of carboxylic acid groups (broad SMARTS) is 1. The van der Waals surface area contributed by atoms with E-state index in [1.165, 1.54) is 0 Å². The topological polar surface area (TPSA) is 75.6 Å². The van der Waals surface area contributed by atoms with E-state index in [1.54, 1.807) is 7.11 Å². The van der Waals surface area contributed by atoms with Crippen molar-refractivity contribution < 1.29 is 19.4 Å². The van der Waals surface area contributed by atoms with Gasteiger partial charge >= 0.3 is 5.97 Å². The monoisotopic (exact) mass is 271 g/mol. The summed E-state index contributed by atoms with van der Waals surface area (Å²) in [6.07, 6.45) is 3.74. The fraction of sp³-hybridized carbons (Fsp3) is 0.857. The molecule has 110 valence electrons. The number of amides is 1. The van der Waals surface area contributed by atoms with Crippen LogP contribution in [0.25, 0.3) is 0 Å². The highest BCUT2D eigenvalue weighted by molar-refractivity contribution is 5.76. The Kier molecular flexibility index (Phi) is 6.84. The number of carbonyl (C=O) groups excluding carboxylic acids is 1. The predicted octanol–water partition coefficient (Wildman–Crippen LogP) is 1.67. The Morgan fingerprint density at radius 3 is 2.47 bits per heavy atom. The molecule has 0 aliphatic heterocycles. The number of nitrogens with one attached hydrogen (secondary N) is 1. The molecule has 2 N–H and O–H groups in total. The zero-order valence-corrected chi connectivity index (χ0v) is 11.9. The molecule has 0 radical (unpaired) electrons. The molecule has 0 aromatic carbocycles. The van der Waals surface area contributed by atoms with Gasteiger partial charge in [0.1, 0.15) is 0 Å². The molecule has 1 saturated carbocycles. The Hall–Kier alpha value is -1.10. The first-order chi connectivity index (χ1) is 9.02. The maximum atomic E-state index is 11.7. The molecule has 1 atom stereocenters. The Labute approximate surface area is 114 Å². The number of carboxylic acids is 1. The molecular weight excluding hydrogens is 246 g/mol. The van der Waals surface area contributed by atoms with Crippen molar-refractivity contribution in [2.24, 2.45) is 17.8 Å². The van der Waals surface area contributed by atoms with E-state index < -0.39 is 5.97 Å². The van der Waals surface area contributed by atoms with Gasteiger partial charge in [-0.1, -0.05) is 6.92 Å². The number of carbonyl (C=O) groups is 2. The van der Waals surface area contributed by atoms with Crippen molar-refractivity contribution in [2.75, 3.05) is 20.3 Å². The van der Waals surface area contributed by atoms with Gasteiger partial charge < -0.3 is 15.2 Å². The van der Waals surface area contributed by atoms with Gasteiger partial charge in [0.05, 0.1) is 5.92 Å². The average Bonchev–Trinajstić information content (AvgIpc) is 2.37. The lowest BCUT2D eigenvalue weighted by Gasteiger charge is -2.26. The molecule has 1 aliphatic rings.